The van der Waals surface area contributed by atoms with Crippen LogP contribution < -0.4 is 0 Å². The molecule has 0 aromatic heterocycles. The van der Waals surface area contributed by atoms with Gasteiger partial charge in [-0.25, -0.2) is 9.18 Å². The van der Waals surface area contributed by atoms with E-state index in [9.17, 15) is 14.0 Å². The standard InChI is InChI=1S/C13H10FNO3S2/c1-7(12(17)18)15-11(16)10(20-13(15)19)6-8-4-2-3-5-9(8)14/h2-7H,1H3,(H,17,18)/t7-/m0/s1. The van der Waals surface area contributed by atoms with Gasteiger partial charge in [0.05, 0.1) is 4.91 Å². The van der Waals surface area contributed by atoms with Crippen molar-refractivity contribution in [2.24, 2.45) is 0 Å². The largest absolute Gasteiger partial charge is 0.480 e. The molecule has 104 valence electrons. The fourth-order valence-electron chi connectivity index (χ4n) is 1.66. The molecule has 1 aromatic rings. The number of rotatable bonds is 3. The van der Waals surface area contributed by atoms with Gasteiger partial charge in [-0.2, -0.15) is 0 Å². The second-order valence-electron chi connectivity index (χ2n) is 4.09. The fourth-order valence-corrected chi connectivity index (χ4v) is 3.07. The second-order valence-corrected chi connectivity index (χ2v) is 5.76. The lowest BCUT2D eigenvalue weighted by molar-refractivity contribution is -0.144. The average Bonchev–Trinajstić information content (AvgIpc) is 2.66. The van der Waals surface area contributed by atoms with E-state index < -0.39 is 23.7 Å². The molecule has 1 N–H and O–H groups in total. The zero-order chi connectivity index (χ0) is 14.9. The quantitative estimate of drug-likeness (QED) is 0.686. The Hall–Kier alpha value is -1.73. The zero-order valence-electron chi connectivity index (χ0n) is 10.4. The Morgan fingerprint density at radius 2 is 2.15 bits per heavy atom. The van der Waals surface area contributed by atoms with Gasteiger partial charge in [-0.3, -0.25) is 9.69 Å². The van der Waals surface area contributed by atoms with Crippen molar-refractivity contribution in [3.8, 4) is 0 Å². The molecule has 1 fully saturated rings. The van der Waals surface area contributed by atoms with Gasteiger partial charge in [0.15, 0.2) is 0 Å². The molecular formula is C13H10FNO3S2. The van der Waals surface area contributed by atoms with Crippen LogP contribution in [0.15, 0.2) is 29.2 Å². The summed E-state index contributed by atoms with van der Waals surface area (Å²) in [5.74, 6) is -2.12. The summed E-state index contributed by atoms with van der Waals surface area (Å²) in [5, 5.41) is 8.96. The number of carbonyl (C=O) groups is 2. The molecule has 0 unspecified atom stereocenters. The van der Waals surface area contributed by atoms with E-state index in [1.54, 1.807) is 12.1 Å². The van der Waals surface area contributed by atoms with Gasteiger partial charge in [0.1, 0.15) is 16.2 Å². The van der Waals surface area contributed by atoms with Gasteiger partial charge >= 0.3 is 5.97 Å². The van der Waals surface area contributed by atoms with Crippen molar-refractivity contribution in [1.82, 2.24) is 4.90 Å². The highest BCUT2D eigenvalue weighted by Crippen LogP contribution is 2.34. The number of benzene rings is 1. The Kier molecular flexibility index (Phi) is 4.20. The van der Waals surface area contributed by atoms with Gasteiger partial charge in [-0.05, 0) is 19.1 Å². The fraction of sp³-hybridized carbons (Fsp3) is 0.154. The molecule has 1 heterocycles. The maximum atomic E-state index is 13.5. The van der Waals surface area contributed by atoms with Crippen molar-refractivity contribution < 1.29 is 19.1 Å². The first kappa shape index (κ1) is 14.7. The molecule has 0 radical (unpaired) electrons. The van der Waals surface area contributed by atoms with Gasteiger partial charge in [0.2, 0.25) is 0 Å². The molecule has 1 aliphatic rings. The predicted octanol–water partition coefficient (Wildman–Crippen LogP) is 2.50. The average molecular weight is 311 g/mol. The SMILES string of the molecule is C[C@@H](C(=O)O)N1C(=O)C(=Cc2ccccc2F)SC1=S. The summed E-state index contributed by atoms with van der Waals surface area (Å²) in [5.41, 5.74) is 0.260. The summed E-state index contributed by atoms with van der Waals surface area (Å²) in [6.07, 6.45) is 1.38. The van der Waals surface area contributed by atoms with Crippen molar-refractivity contribution in [3.05, 3.63) is 40.6 Å². The van der Waals surface area contributed by atoms with Crippen molar-refractivity contribution in [3.63, 3.8) is 0 Å². The molecule has 0 saturated carbocycles. The van der Waals surface area contributed by atoms with E-state index in [4.69, 9.17) is 17.3 Å². The van der Waals surface area contributed by atoms with Crippen LogP contribution in [0, 0.1) is 5.82 Å². The Morgan fingerprint density at radius 3 is 2.75 bits per heavy atom. The summed E-state index contributed by atoms with van der Waals surface area (Å²) < 4.78 is 13.7. The summed E-state index contributed by atoms with van der Waals surface area (Å²) in [4.78, 5) is 24.3. The maximum absolute atomic E-state index is 13.5. The molecule has 4 nitrogen and oxygen atoms in total. The number of hydrogen-bond donors (Lipinski definition) is 1. The van der Waals surface area contributed by atoms with E-state index in [2.05, 4.69) is 0 Å². The number of thioether (sulfide) groups is 1. The molecule has 20 heavy (non-hydrogen) atoms. The molecule has 0 spiro atoms. The number of nitrogens with zero attached hydrogens (tertiary/aromatic N) is 1. The summed E-state index contributed by atoms with van der Waals surface area (Å²) in [6, 6.07) is 4.96. The Labute approximate surface area is 124 Å². The molecule has 1 aromatic carbocycles. The third kappa shape index (κ3) is 2.73. The summed E-state index contributed by atoms with van der Waals surface area (Å²) in [6.45, 7) is 1.37. The van der Waals surface area contributed by atoms with Crippen LogP contribution in [0.25, 0.3) is 6.08 Å². The van der Waals surface area contributed by atoms with Crippen LogP contribution in [0.2, 0.25) is 0 Å². The Morgan fingerprint density at radius 1 is 1.50 bits per heavy atom. The minimum absolute atomic E-state index is 0.160. The minimum Gasteiger partial charge on any atom is -0.480 e. The number of thiocarbonyl (C=S) groups is 1. The van der Waals surface area contributed by atoms with Crippen molar-refractivity contribution in [1.29, 1.82) is 0 Å². The van der Waals surface area contributed by atoms with E-state index in [0.717, 1.165) is 16.7 Å². The zero-order valence-corrected chi connectivity index (χ0v) is 12.0. The first-order chi connectivity index (χ1) is 9.41. The van der Waals surface area contributed by atoms with E-state index in [1.807, 2.05) is 0 Å². The van der Waals surface area contributed by atoms with Crippen LogP contribution in [0.4, 0.5) is 4.39 Å². The number of halogens is 1. The molecule has 7 heteroatoms. The van der Waals surface area contributed by atoms with Crippen LogP contribution >= 0.6 is 24.0 Å². The second kappa shape index (κ2) is 5.72. The van der Waals surface area contributed by atoms with Gasteiger partial charge in [-0.15, -0.1) is 0 Å². The summed E-state index contributed by atoms with van der Waals surface area (Å²) >= 11 is 5.98. The van der Waals surface area contributed by atoms with Crippen LogP contribution in [0.1, 0.15) is 12.5 Å². The third-order valence-electron chi connectivity index (χ3n) is 2.76. The van der Waals surface area contributed by atoms with Gasteiger partial charge in [0, 0.05) is 5.56 Å². The number of aliphatic carboxylic acids is 1. The van der Waals surface area contributed by atoms with E-state index in [-0.39, 0.29) is 14.8 Å². The van der Waals surface area contributed by atoms with Gasteiger partial charge in [-0.1, -0.05) is 42.2 Å². The minimum atomic E-state index is -1.14. The first-order valence-electron chi connectivity index (χ1n) is 5.66. The summed E-state index contributed by atoms with van der Waals surface area (Å²) in [7, 11) is 0. The third-order valence-corrected chi connectivity index (χ3v) is 4.09. The topological polar surface area (TPSA) is 57.6 Å². The predicted molar refractivity (Wildman–Crippen MR) is 78.5 cm³/mol. The highest BCUT2D eigenvalue weighted by atomic mass is 32.2. The Bertz CT molecular complexity index is 630. The van der Waals surface area contributed by atoms with Crippen LogP contribution in [-0.4, -0.2) is 32.2 Å². The Balaban J connectivity index is 2.33. The van der Waals surface area contributed by atoms with Crippen molar-refractivity contribution >= 4 is 46.3 Å². The lowest BCUT2D eigenvalue weighted by Crippen LogP contribution is -2.41. The highest BCUT2D eigenvalue weighted by Gasteiger charge is 2.38. The number of amides is 1. The van der Waals surface area contributed by atoms with Gasteiger partial charge < -0.3 is 5.11 Å². The van der Waals surface area contributed by atoms with E-state index in [0.29, 0.717) is 0 Å². The normalized spacial score (nSPS) is 18.7. The highest BCUT2D eigenvalue weighted by molar-refractivity contribution is 8.26. The molecule has 1 aliphatic heterocycles. The van der Waals surface area contributed by atoms with Crippen LogP contribution in [0.3, 0.4) is 0 Å². The number of carboxylic acids is 1. The molecular weight excluding hydrogens is 301 g/mol. The lowest BCUT2D eigenvalue weighted by atomic mass is 10.2. The van der Waals surface area contributed by atoms with E-state index in [1.165, 1.54) is 25.1 Å². The number of carboxylic acid groups (broad SMARTS) is 1. The molecule has 0 bridgehead atoms. The number of carbonyl (C=O) groups excluding carboxylic acids is 1. The van der Waals surface area contributed by atoms with Crippen LogP contribution in [0.5, 0.6) is 0 Å². The van der Waals surface area contributed by atoms with Crippen molar-refractivity contribution in [2.45, 2.75) is 13.0 Å². The monoisotopic (exact) mass is 311 g/mol. The first-order valence-corrected chi connectivity index (χ1v) is 6.88. The maximum Gasteiger partial charge on any atom is 0.326 e. The molecule has 1 saturated heterocycles. The van der Waals surface area contributed by atoms with Crippen molar-refractivity contribution in [2.75, 3.05) is 0 Å². The smallest absolute Gasteiger partial charge is 0.326 e. The lowest BCUT2D eigenvalue weighted by Gasteiger charge is -2.18. The molecule has 1 atom stereocenters. The molecule has 2 rings (SSSR count). The van der Waals surface area contributed by atoms with Crippen LogP contribution in [-0.2, 0) is 9.59 Å². The molecule has 0 aliphatic carbocycles. The van der Waals surface area contributed by atoms with Gasteiger partial charge in [0.25, 0.3) is 5.91 Å². The number of hydrogen-bond acceptors (Lipinski definition) is 4. The molecule has 1 amide bonds. The van der Waals surface area contributed by atoms with E-state index >= 15 is 0 Å².